The predicted octanol–water partition coefficient (Wildman–Crippen LogP) is 4.31. The number of anilines is 1. The molecule has 0 atom stereocenters. The number of carbonyl (C=O) groups excluding carboxylic acids is 1. The monoisotopic (exact) mass is 417 g/mol. The number of carbonyl (C=O) groups is 1. The third-order valence-corrected chi connectivity index (χ3v) is 6.10. The number of thiophene rings is 1. The lowest BCUT2D eigenvalue weighted by Gasteiger charge is -2.13. The topological polar surface area (TPSA) is 73.2 Å². The van der Waals surface area contributed by atoms with Gasteiger partial charge in [0.15, 0.2) is 5.16 Å². The van der Waals surface area contributed by atoms with E-state index in [1.165, 1.54) is 23.1 Å². The zero-order chi connectivity index (χ0) is 20.1. The van der Waals surface area contributed by atoms with Crippen molar-refractivity contribution in [3.63, 3.8) is 0 Å². The van der Waals surface area contributed by atoms with Gasteiger partial charge < -0.3 is 10.1 Å². The summed E-state index contributed by atoms with van der Waals surface area (Å²) in [5, 5.41) is 5.33. The van der Waals surface area contributed by atoms with Gasteiger partial charge >= 0.3 is 0 Å². The fourth-order valence-electron chi connectivity index (χ4n) is 2.78. The molecular weight excluding hydrogens is 394 g/mol. The molecule has 0 bridgehead atoms. The Balaban J connectivity index is 1.78. The number of hydrogen-bond acceptors (Lipinski definition) is 6. The molecule has 0 aliphatic heterocycles. The molecule has 28 heavy (non-hydrogen) atoms. The number of fused-ring (bicyclic) bond motifs is 1. The molecule has 0 aliphatic carbocycles. The van der Waals surface area contributed by atoms with Gasteiger partial charge in [0.2, 0.25) is 5.91 Å². The standard InChI is InChI=1S/C20H23N3O3S2/c1-4-5-9-23-19(25)18-14(8-10-27-18)22-20(23)28-12-17(24)21-15-11-13(2)6-7-16(15)26-3/h6-8,10-11H,4-5,9,12H2,1-3H3,(H,21,24). The maximum absolute atomic E-state index is 12.8. The number of hydrogen-bond donors (Lipinski definition) is 1. The zero-order valence-corrected chi connectivity index (χ0v) is 17.8. The van der Waals surface area contributed by atoms with Crippen LogP contribution >= 0.6 is 23.1 Å². The number of nitrogens with one attached hydrogen (secondary N) is 1. The summed E-state index contributed by atoms with van der Waals surface area (Å²) in [6, 6.07) is 7.46. The summed E-state index contributed by atoms with van der Waals surface area (Å²) < 4.78 is 7.65. The average molecular weight is 418 g/mol. The first kappa shape index (κ1) is 20.4. The molecule has 148 valence electrons. The lowest BCUT2D eigenvalue weighted by molar-refractivity contribution is -0.113. The number of thioether (sulfide) groups is 1. The highest BCUT2D eigenvalue weighted by Gasteiger charge is 2.15. The Bertz CT molecular complexity index is 1040. The molecule has 1 N–H and O–H groups in total. The molecule has 0 saturated heterocycles. The smallest absolute Gasteiger partial charge is 0.272 e. The molecule has 2 heterocycles. The van der Waals surface area contributed by atoms with Crippen LogP contribution in [0.3, 0.4) is 0 Å². The van der Waals surface area contributed by atoms with Crippen molar-refractivity contribution >= 4 is 44.9 Å². The van der Waals surface area contributed by atoms with Crippen LogP contribution in [0.4, 0.5) is 5.69 Å². The highest BCUT2D eigenvalue weighted by Crippen LogP contribution is 2.26. The van der Waals surface area contributed by atoms with Gasteiger partial charge in [-0.1, -0.05) is 31.2 Å². The first-order valence-electron chi connectivity index (χ1n) is 9.08. The minimum absolute atomic E-state index is 0.0308. The van der Waals surface area contributed by atoms with Gasteiger partial charge in [-0.15, -0.1) is 11.3 Å². The predicted molar refractivity (Wildman–Crippen MR) is 116 cm³/mol. The third kappa shape index (κ3) is 4.56. The van der Waals surface area contributed by atoms with Crippen LogP contribution in [0.2, 0.25) is 0 Å². The molecule has 1 aromatic carbocycles. The van der Waals surface area contributed by atoms with Crippen LogP contribution in [0.1, 0.15) is 25.3 Å². The Kier molecular flexibility index (Phi) is 6.74. The minimum Gasteiger partial charge on any atom is -0.495 e. The molecule has 8 heteroatoms. The molecule has 1 amide bonds. The second-order valence-corrected chi connectivity index (χ2v) is 8.24. The first-order valence-corrected chi connectivity index (χ1v) is 10.9. The summed E-state index contributed by atoms with van der Waals surface area (Å²) >= 11 is 2.68. The lowest BCUT2D eigenvalue weighted by Crippen LogP contribution is -2.23. The van der Waals surface area contributed by atoms with Crippen molar-refractivity contribution in [1.82, 2.24) is 9.55 Å². The van der Waals surface area contributed by atoms with Crippen LogP contribution in [0.25, 0.3) is 10.2 Å². The van der Waals surface area contributed by atoms with Crippen LogP contribution in [-0.4, -0.2) is 28.3 Å². The van der Waals surface area contributed by atoms with E-state index >= 15 is 0 Å². The van der Waals surface area contributed by atoms with Crippen LogP contribution in [-0.2, 0) is 11.3 Å². The van der Waals surface area contributed by atoms with Gasteiger partial charge in [0.05, 0.1) is 24.1 Å². The van der Waals surface area contributed by atoms with Crippen molar-refractivity contribution in [3.05, 3.63) is 45.6 Å². The van der Waals surface area contributed by atoms with Crippen LogP contribution < -0.4 is 15.6 Å². The lowest BCUT2D eigenvalue weighted by atomic mass is 10.2. The Labute approximate surface area is 171 Å². The second kappa shape index (κ2) is 9.25. The maximum atomic E-state index is 12.8. The molecule has 6 nitrogen and oxygen atoms in total. The quantitative estimate of drug-likeness (QED) is 0.437. The summed E-state index contributed by atoms with van der Waals surface area (Å²) in [5.41, 5.74) is 2.32. The Hall–Kier alpha value is -2.32. The normalized spacial score (nSPS) is 11.0. The summed E-state index contributed by atoms with van der Waals surface area (Å²) in [6.07, 6.45) is 1.87. The van der Waals surface area contributed by atoms with Gasteiger partial charge in [-0.3, -0.25) is 14.2 Å². The molecule has 3 aromatic rings. The van der Waals surface area contributed by atoms with Gasteiger partial charge in [-0.05, 0) is 42.5 Å². The zero-order valence-electron chi connectivity index (χ0n) is 16.2. The van der Waals surface area contributed by atoms with E-state index in [0.717, 1.165) is 18.4 Å². The molecule has 0 radical (unpaired) electrons. The van der Waals surface area contributed by atoms with Crippen molar-refractivity contribution < 1.29 is 9.53 Å². The van der Waals surface area contributed by atoms with Crippen LogP contribution in [0.5, 0.6) is 5.75 Å². The molecule has 0 spiro atoms. The summed E-state index contributed by atoms with van der Waals surface area (Å²) in [5.74, 6) is 0.600. The molecule has 0 fully saturated rings. The Morgan fingerprint density at radius 1 is 1.36 bits per heavy atom. The number of ether oxygens (including phenoxy) is 1. The fraction of sp³-hybridized carbons (Fsp3) is 0.350. The fourth-order valence-corrected chi connectivity index (χ4v) is 4.39. The average Bonchev–Trinajstić information content (AvgIpc) is 3.15. The van der Waals surface area contributed by atoms with E-state index in [1.807, 2.05) is 36.6 Å². The van der Waals surface area contributed by atoms with E-state index in [2.05, 4.69) is 17.2 Å². The van der Waals surface area contributed by atoms with Crippen LogP contribution in [0.15, 0.2) is 39.6 Å². The largest absolute Gasteiger partial charge is 0.495 e. The van der Waals surface area contributed by atoms with Crippen molar-refractivity contribution in [2.24, 2.45) is 0 Å². The number of aromatic nitrogens is 2. The third-order valence-electron chi connectivity index (χ3n) is 4.23. The van der Waals surface area contributed by atoms with Crippen molar-refractivity contribution in [2.45, 2.75) is 38.4 Å². The van der Waals surface area contributed by atoms with E-state index in [-0.39, 0.29) is 17.2 Å². The van der Waals surface area contributed by atoms with Gasteiger partial charge in [0, 0.05) is 6.54 Å². The van der Waals surface area contributed by atoms with E-state index in [9.17, 15) is 9.59 Å². The van der Waals surface area contributed by atoms with Crippen molar-refractivity contribution in [2.75, 3.05) is 18.2 Å². The summed E-state index contributed by atoms with van der Waals surface area (Å²) in [7, 11) is 1.57. The van der Waals surface area contributed by atoms with E-state index in [1.54, 1.807) is 11.7 Å². The summed E-state index contributed by atoms with van der Waals surface area (Å²) in [6.45, 7) is 4.64. The van der Waals surface area contributed by atoms with Gasteiger partial charge in [-0.2, -0.15) is 0 Å². The molecule has 3 rings (SSSR count). The van der Waals surface area contributed by atoms with Gasteiger partial charge in [-0.25, -0.2) is 4.98 Å². The highest BCUT2D eigenvalue weighted by atomic mass is 32.2. The number of benzene rings is 1. The number of nitrogens with zero attached hydrogens (tertiary/aromatic N) is 2. The van der Waals surface area contributed by atoms with E-state index < -0.39 is 0 Å². The SMILES string of the molecule is CCCCn1c(SCC(=O)Nc2cc(C)ccc2OC)nc2ccsc2c1=O. The van der Waals surface area contributed by atoms with Gasteiger partial charge in [0.25, 0.3) is 5.56 Å². The number of unbranched alkanes of at least 4 members (excludes halogenated alkanes) is 1. The van der Waals surface area contributed by atoms with E-state index in [0.29, 0.717) is 33.4 Å². The minimum atomic E-state index is -0.171. The molecule has 2 aromatic heterocycles. The number of methoxy groups -OCH3 is 1. The van der Waals surface area contributed by atoms with E-state index in [4.69, 9.17) is 4.74 Å². The molecule has 0 aliphatic rings. The molecule has 0 unspecified atom stereocenters. The Morgan fingerprint density at radius 2 is 2.18 bits per heavy atom. The number of aryl methyl sites for hydroxylation is 1. The number of amides is 1. The van der Waals surface area contributed by atoms with Gasteiger partial charge in [0.1, 0.15) is 10.4 Å². The molecule has 0 saturated carbocycles. The molecular formula is C20H23N3O3S2. The number of rotatable bonds is 8. The maximum Gasteiger partial charge on any atom is 0.272 e. The Morgan fingerprint density at radius 3 is 2.93 bits per heavy atom. The second-order valence-electron chi connectivity index (χ2n) is 6.38. The van der Waals surface area contributed by atoms with Crippen molar-refractivity contribution in [1.29, 1.82) is 0 Å². The van der Waals surface area contributed by atoms with Crippen LogP contribution in [0, 0.1) is 6.92 Å². The highest BCUT2D eigenvalue weighted by molar-refractivity contribution is 7.99. The van der Waals surface area contributed by atoms with Crippen molar-refractivity contribution in [3.8, 4) is 5.75 Å². The first-order chi connectivity index (χ1) is 13.5. The summed E-state index contributed by atoms with van der Waals surface area (Å²) in [4.78, 5) is 29.9.